The number of carbonyl (C=O) groups excluding carboxylic acids is 1. The van der Waals surface area contributed by atoms with Gasteiger partial charge in [-0.1, -0.05) is 104 Å². The Hall–Kier alpha value is -4.41. The molecule has 1 amide bonds. The molecule has 0 bridgehead atoms. The smallest absolute Gasteiger partial charge is 0.354 e. The molecule has 11 nitrogen and oxygen atoms in total. The topological polar surface area (TPSA) is 143 Å². The van der Waals surface area contributed by atoms with Gasteiger partial charge < -0.3 is 24.8 Å². The molecule has 0 radical (unpaired) electrons. The summed E-state index contributed by atoms with van der Waals surface area (Å²) < 4.78 is 20.0. The number of aromatic nitrogens is 3. The van der Waals surface area contributed by atoms with E-state index in [9.17, 15) is 9.59 Å². The molecule has 3 aromatic rings. The van der Waals surface area contributed by atoms with Crippen molar-refractivity contribution in [1.82, 2.24) is 24.9 Å². The van der Waals surface area contributed by atoms with Crippen molar-refractivity contribution in [2.45, 2.75) is 83.5 Å². The molecule has 3 atom stereocenters. The van der Waals surface area contributed by atoms with Crippen LogP contribution in [0.4, 0.5) is 5.95 Å². The van der Waals surface area contributed by atoms with Gasteiger partial charge in [0.2, 0.25) is 11.9 Å². The predicted molar refractivity (Wildman–Crippen MR) is 211 cm³/mol. The van der Waals surface area contributed by atoms with Crippen LogP contribution in [0.1, 0.15) is 77.4 Å². The van der Waals surface area contributed by atoms with E-state index < -0.39 is 20.4 Å². The van der Waals surface area contributed by atoms with Crippen LogP contribution >= 0.6 is 8.53 Å². The Kier molecular flexibility index (Phi) is 18.6. The summed E-state index contributed by atoms with van der Waals surface area (Å²) in [4.78, 5) is 32.3. The third kappa shape index (κ3) is 15.1. The number of hydrogen-bond donors (Lipinski definition) is 3. The lowest BCUT2D eigenvalue weighted by atomic mass is 10.1. The average molecular weight is 729 g/mol. The van der Waals surface area contributed by atoms with E-state index in [-0.39, 0.29) is 24.6 Å². The number of ether oxygens (including phenoxy) is 1. The van der Waals surface area contributed by atoms with Crippen molar-refractivity contribution in [2.24, 2.45) is 0 Å². The van der Waals surface area contributed by atoms with E-state index in [2.05, 4.69) is 88.1 Å². The summed E-state index contributed by atoms with van der Waals surface area (Å²) in [6, 6.07) is 13.9. The maximum atomic E-state index is 12.5. The van der Waals surface area contributed by atoms with Gasteiger partial charge in [-0.3, -0.25) is 9.36 Å². The third-order valence-electron chi connectivity index (χ3n) is 8.07. The summed E-state index contributed by atoms with van der Waals surface area (Å²) in [5.74, 6) is 0.646. The number of nitrogens with one attached hydrogen (secondary N) is 2. The van der Waals surface area contributed by atoms with E-state index in [4.69, 9.17) is 19.5 Å². The van der Waals surface area contributed by atoms with E-state index >= 15 is 0 Å². The monoisotopic (exact) mass is 728 g/mol. The molecule has 278 valence electrons. The second-order valence-electron chi connectivity index (χ2n) is 12.2. The number of unbranched alkanes of at least 4 members (excludes halogenated alkanes) is 1. The number of anilines is 1. The molecule has 12 heteroatoms. The van der Waals surface area contributed by atoms with Gasteiger partial charge in [-0.05, 0) is 69.2 Å². The predicted octanol–water partition coefficient (Wildman–Crippen LogP) is 8.00. The summed E-state index contributed by atoms with van der Waals surface area (Å²) in [5.41, 5.74) is 5.03. The number of hydrogen-bond acceptors (Lipinski definition) is 9. The number of rotatable bonds is 23. The Balaban J connectivity index is 1.13. The van der Waals surface area contributed by atoms with Crippen LogP contribution in [-0.2, 0) is 14.1 Å². The van der Waals surface area contributed by atoms with E-state index in [1.807, 2.05) is 42.5 Å². The van der Waals surface area contributed by atoms with Gasteiger partial charge in [0.15, 0.2) is 0 Å². The normalized spacial score (nSPS) is 17.1. The van der Waals surface area contributed by atoms with Crippen molar-refractivity contribution in [3.05, 3.63) is 120 Å². The van der Waals surface area contributed by atoms with E-state index in [0.717, 1.165) is 55.7 Å². The van der Waals surface area contributed by atoms with Crippen molar-refractivity contribution < 1.29 is 18.6 Å². The zero-order valence-corrected chi connectivity index (χ0v) is 31.0. The number of nitrogen functional groups attached to an aromatic ring is 1. The lowest BCUT2D eigenvalue weighted by molar-refractivity contribution is -0.121. The van der Waals surface area contributed by atoms with Crippen molar-refractivity contribution in [3.8, 4) is 5.75 Å². The van der Waals surface area contributed by atoms with Crippen LogP contribution in [0.3, 0.4) is 0 Å². The number of fused-ring (bicyclic) bond motifs is 1. The molecule has 52 heavy (non-hydrogen) atoms. The summed E-state index contributed by atoms with van der Waals surface area (Å²) in [6.07, 6.45) is 30.8. The highest BCUT2D eigenvalue weighted by molar-refractivity contribution is 7.45. The summed E-state index contributed by atoms with van der Waals surface area (Å²) in [5, 5.41) is 8.35. The molecule has 1 aromatic heterocycles. The van der Waals surface area contributed by atoms with E-state index in [0.29, 0.717) is 38.1 Å². The molecule has 2 aromatic carbocycles. The lowest BCUT2D eigenvalue weighted by Gasteiger charge is -2.22. The number of carbonyl (C=O) groups is 1. The highest BCUT2D eigenvalue weighted by Crippen LogP contribution is 2.40. The minimum Gasteiger partial charge on any atom is -0.435 e. The maximum absolute atomic E-state index is 12.5. The first-order valence-electron chi connectivity index (χ1n) is 18.2. The Morgan fingerprint density at radius 1 is 0.942 bits per heavy atom. The fourth-order valence-electron chi connectivity index (χ4n) is 5.37. The van der Waals surface area contributed by atoms with Crippen LogP contribution in [0.25, 0.3) is 10.8 Å². The van der Waals surface area contributed by atoms with Crippen LogP contribution in [0, 0.1) is 0 Å². The Morgan fingerprint density at radius 2 is 1.63 bits per heavy atom. The summed E-state index contributed by atoms with van der Waals surface area (Å²) in [7, 11) is -1.58. The van der Waals surface area contributed by atoms with Gasteiger partial charge in [-0.2, -0.15) is 4.98 Å². The molecule has 0 saturated carbocycles. The molecule has 3 unspecified atom stereocenters. The number of nitrogens with two attached hydrogens (primary N) is 1. The van der Waals surface area contributed by atoms with E-state index in [1.54, 1.807) is 0 Å². The third-order valence-corrected chi connectivity index (χ3v) is 9.30. The van der Waals surface area contributed by atoms with Gasteiger partial charge >= 0.3 is 14.2 Å². The van der Waals surface area contributed by atoms with Gasteiger partial charge in [0, 0.05) is 24.9 Å². The van der Waals surface area contributed by atoms with Gasteiger partial charge in [0.05, 0.1) is 12.7 Å². The molecule has 4 N–H and O–H groups in total. The van der Waals surface area contributed by atoms with Gasteiger partial charge in [-0.25, -0.2) is 14.9 Å². The van der Waals surface area contributed by atoms with Gasteiger partial charge in [0.1, 0.15) is 18.3 Å². The number of amides is 1. The molecule has 1 fully saturated rings. The summed E-state index contributed by atoms with van der Waals surface area (Å²) >= 11 is 0. The molecule has 2 heterocycles. The molecule has 0 aliphatic carbocycles. The molecule has 1 aliphatic rings. The standard InChI is InChI=1S/C40H53N6O5P/c1-2-3-4-5-6-7-8-9-10-11-12-13-14-15-16-17-18-26-37(47)42-29-30-44-52(51-36-25-21-23-33-22-19-20-24-35(33)36)49-31-34-27-28-38(50-34)46-32-43-39(41)45-40(46)48/h3-4,6-7,9-10,12-13,15-16,19-25,32,34,38,44H,2,5,8,11,14,17-18,26-31H2,1H3,(H,42,47)(H2,41,45,48)/b4-3-,7-6-,10-9-,13-12-,16-15-. The van der Waals surface area contributed by atoms with Crippen LogP contribution in [-0.4, -0.2) is 46.2 Å². The minimum absolute atomic E-state index is 0.0154. The first kappa shape index (κ1) is 40.4. The zero-order chi connectivity index (χ0) is 36.6. The quantitative estimate of drug-likeness (QED) is 0.0503. The van der Waals surface area contributed by atoms with Crippen molar-refractivity contribution >= 4 is 31.2 Å². The largest absolute Gasteiger partial charge is 0.435 e. The van der Waals surface area contributed by atoms with Crippen LogP contribution in [0.2, 0.25) is 0 Å². The van der Waals surface area contributed by atoms with Crippen LogP contribution < -0.4 is 26.4 Å². The molecule has 0 spiro atoms. The lowest BCUT2D eigenvalue weighted by Crippen LogP contribution is -2.31. The first-order valence-corrected chi connectivity index (χ1v) is 19.4. The van der Waals surface area contributed by atoms with Crippen LogP contribution in [0.5, 0.6) is 5.75 Å². The van der Waals surface area contributed by atoms with Crippen molar-refractivity contribution in [2.75, 3.05) is 25.4 Å². The second-order valence-corrected chi connectivity index (χ2v) is 13.4. The second kappa shape index (κ2) is 23.9. The molecule has 1 aliphatic heterocycles. The minimum atomic E-state index is -1.58. The molecule has 1 saturated heterocycles. The van der Waals surface area contributed by atoms with Gasteiger partial charge in [-0.15, -0.1) is 0 Å². The fraction of sp³-hybridized carbons (Fsp3) is 0.400. The Bertz CT molecular complexity index is 1720. The average Bonchev–Trinajstić information content (AvgIpc) is 3.62. The highest BCUT2D eigenvalue weighted by Gasteiger charge is 2.29. The van der Waals surface area contributed by atoms with E-state index in [1.165, 1.54) is 10.9 Å². The van der Waals surface area contributed by atoms with Crippen molar-refractivity contribution in [3.63, 3.8) is 0 Å². The van der Waals surface area contributed by atoms with Gasteiger partial charge in [0.25, 0.3) is 0 Å². The SMILES string of the molecule is CC/C=C\C/C=C\C/C=C\C/C=C\C/C=C\CCCC(=O)NCCNP(OCC1CCC(n2cnc(N)nc2=O)O1)Oc1cccc2ccccc12. The van der Waals surface area contributed by atoms with Crippen LogP contribution in [0.15, 0.2) is 114 Å². The Labute approximate surface area is 308 Å². The number of allylic oxidation sites excluding steroid dienone is 10. The maximum Gasteiger partial charge on any atom is 0.354 e. The molecular formula is C40H53N6O5P. The number of nitrogens with zero attached hydrogens (tertiary/aromatic N) is 3. The highest BCUT2D eigenvalue weighted by atomic mass is 31.2. The molecule has 4 rings (SSSR count). The summed E-state index contributed by atoms with van der Waals surface area (Å²) in [6.45, 7) is 3.30. The zero-order valence-electron chi connectivity index (χ0n) is 30.1. The fourth-order valence-corrected chi connectivity index (χ4v) is 6.52. The number of benzene rings is 2. The first-order chi connectivity index (χ1) is 25.5. The Morgan fingerprint density at radius 3 is 2.37 bits per heavy atom. The molecular weight excluding hydrogens is 675 g/mol. The van der Waals surface area contributed by atoms with Crippen molar-refractivity contribution in [1.29, 1.82) is 0 Å².